The highest BCUT2D eigenvalue weighted by atomic mass is 16.5. The van der Waals surface area contributed by atoms with Gasteiger partial charge in [-0.1, -0.05) is 13.8 Å². The van der Waals surface area contributed by atoms with Gasteiger partial charge in [0.1, 0.15) is 18.0 Å². The molecule has 16 heavy (non-hydrogen) atoms. The second-order valence-corrected chi connectivity index (χ2v) is 4.00. The van der Waals surface area contributed by atoms with Crippen LogP contribution in [0.4, 0.5) is 0 Å². The average molecular weight is 220 g/mol. The topological polar surface area (TPSA) is 46.8 Å². The Bertz CT molecular complexity index is 477. The van der Waals surface area contributed by atoms with E-state index in [0.717, 1.165) is 11.4 Å². The van der Waals surface area contributed by atoms with E-state index in [1.165, 1.54) is 5.69 Å². The third-order valence-electron chi connectivity index (χ3n) is 2.46. The number of aliphatic hydroxyl groups is 1. The monoisotopic (exact) mass is 220 g/mol. The normalized spacial score (nSPS) is 11.2. The van der Waals surface area contributed by atoms with Gasteiger partial charge in [0.15, 0.2) is 0 Å². The number of hydrogen-bond acceptors (Lipinski definition) is 3. The first-order chi connectivity index (χ1) is 7.72. The van der Waals surface area contributed by atoms with E-state index in [1.54, 1.807) is 0 Å². The maximum atomic E-state index is 8.67. The van der Waals surface area contributed by atoms with E-state index in [4.69, 9.17) is 9.84 Å². The summed E-state index contributed by atoms with van der Waals surface area (Å²) in [5.41, 5.74) is 2.06. The minimum absolute atomic E-state index is 0.0247. The Kier molecular flexibility index (Phi) is 3.10. The first-order valence-electron chi connectivity index (χ1n) is 5.43. The van der Waals surface area contributed by atoms with E-state index in [9.17, 15) is 0 Å². The highest BCUT2D eigenvalue weighted by Gasteiger charge is 2.07. The molecule has 0 radical (unpaired) electrons. The van der Waals surface area contributed by atoms with Crippen LogP contribution in [0.25, 0.3) is 5.65 Å². The second kappa shape index (κ2) is 4.53. The van der Waals surface area contributed by atoms with Gasteiger partial charge in [-0.25, -0.2) is 4.98 Å². The van der Waals surface area contributed by atoms with Crippen LogP contribution in [0.2, 0.25) is 0 Å². The molecule has 0 fully saturated rings. The Morgan fingerprint density at radius 2 is 2.31 bits per heavy atom. The SMILES string of the molecule is CC(C)c1cnc2cc(OCCO)ccn12. The first kappa shape index (κ1) is 11.0. The molecule has 0 atom stereocenters. The van der Waals surface area contributed by atoms with Crippen LogP contribution in [0, 0.1) is 0 Å². The van der Waals surface area contributed by atoms with E-state index in [2.05, 4.69) is 23.2 Å². The molecular formula is C12H16N2O2. The van der Waals surface area contributed by atoms with Crippen LogP contribution in [0.3, 0.4) is 0 Å². The molecule has 86 valence electrons. The molecule has 0 aliphatic heterocycles. The first-order valence-corrected chi connectivity index (χ1v) is 5.43. The molecule has 0 aromatic carbocycles. The number of imidazole rings is 1. The third kappa shape index (κ3) is 2.02. The molecule has 2 rings (SSSR count). The summed E-state index contributed by atoms with van der Waals surface area (Å²) in [5, 5.41) is 8.67. The number of rotatable bonds is 4. The summed E-state index contributed by atoms with van der Waals surface area (Å²) in [6.45, 7) is 4.62. The van der Waals surface area contributed by atoms with Crippen molar-refractivity contribution in [3.05, 3.63) is 30.2 Å². The molecule has 0 saturated carbocycles. The number of aromatic nitrogens is 2. The van der Waals surface area contributed by atoms with Crippen LogP contribution in [0.5, 0.6) is 5.75 Å². The quantitative estimate of drug-likeness (QED) is 0.855. The molecule has 2 heterocycles. The number of fused-ring (bicyclic) bond motifs is 1. The van der Waals surface area contributed by atoms with Crippen LogP contribution in [-0.4, -0.2) is 27.7 Å². The summed E-state index contributed by atoms with van der Waals surface area (Å²) < 4.78 is 7.38. The van der Waals surface area contributed by atoms with Gasteiger partial charge >= 0.3 is 0 Å². The van der Waals surface area contributed by atoms with Gasteiger partial charge in [0.25, 0.3) is 0 Å². The van der Waals surface area contributed by atoms with Crippen molar-refractivity contribution in [1.82, 2.24) is 9.38 Å². The smallest absolute Gasteiger partial charge is 0.140 e. The van der Waals surface area contributed by atoms with Gasteiger partial charge in [-0.3, -0.25) is 0 Å². The summed E-state index contributed by atoms with van der Waals surface area (Å²) in [4.78, 5) is 4.33. The highest BCUT2D eigenvalue weighted by molar-refractivity contribution is 5.46. The van der Waals surface area contributed by atoms with Gasteiger partial charge in [-0.2, -0.15) is 0 Å². The largest absolute Gasteiger partial charge is 0.491 e. The van der Waals surface area contributed by atoms with Crippen LogP contribution in [0.1, 0.15) is 25.5 Å². The molecule has 0 unspecified atom stereocenters. The van der Waals surface area contributed by atoms with Crippen LogP contribution >= 0.6 is 0 Å². The Morgan fingerprint density at radius 3 is 3.00 bits per heavy atom. The van der Waals surface area contributed by atoms with Gasteiger partial charge in [-0.05, 0) is 12.0 Å². The number of hydrogen-bond donors (Lipinski definition) is 1. The Balaban J connectivity index is 2.33. The van der Waals surface area contributed by atoms with Crippen molar-refractivity contribution in [3.8, 4) is 5.75 Å². The van der Waals surface area contributed by atoms with Crippen molar-refractivity contribution in [2.75, 3.05) is 13.2 Å². The maximum Gasteiger partial charge on any atom is 0.140 e. The van der Waals surface area contributed by atoms with Gasteiger partial charge in [0.05, 0.1) is 6.61 Å². The fourth-order valence-corrected chi connectivity index (χ4v) is 1.66. The fraction of sp³-hybridized carbons (Fsp3) is 0.417. The molecule has 0 spiro atoms. The molecule has 0 aliphatic carbocycles. The molecule has 2 aromatic rings. The number of nitrogens with zero attached hydrogens (tertiary/aromatic N) is 2. The third-order valence-corrected chi connectivity index (χ3v) is 2.46. The van der Waals surface area contributed by atoms with Crippen molar-refractivity contribution in [2.24, 2.45) is 0 Å². The maximum absolute atomic E-state index is 8.67. The van der Waals surface area contributed by atoms with Crippen molar-refractivity contribution in [3.63, 3.8) is 0 Å². The lowest BCUT2D eigenvalue weighted by molar-refractivity contribution is 0.201. The minimum atomic E-state index is 0.0247. The van der Waals surface area contributed by atoms with Crippen molar-refractivity contribution < 1.29 is 9.84 Å². The van der Waals surface area contributed by atoms with Gasteiger partial charge in [0.2, 0.25) is 0 Å². The Morgan fingerprint density at radius 1 is 1.50 bits per heavy atom. The van der Waals surface area contributed by atoms with E-state index >= 15 is 0 Å². The highest BCUT2D eigenvalue weighted by Crippen LogP contribution is 2.19. The van der Waals surface area contributed by atoms with Crippen molar-refractivity contribution >= 4 is 5.65 Å². The zero-order chi connectivity index (χ0) is 11.5. The Labute approximate surface area is 94.5 Å². The van der Waals surface area contributed by atoms with Crippen LogP contribution in [-0.2, 0) is 0 Å². The summed E-state index contributed by atoms with van der Waals surface area (Å²) in [7, 11) is 0. The summed E-state index contributed by atoms with van der Waals surface area (Å²) in [6, 6.07) is 3.76. The summed E-state index contributed by atoms with van der Waals surface area (Å²) in [6.07, 6.45) is 3.83. The minimum Gasteiger partial charge on any atom is -0.491 e. The van der Waals surface area contributed by atoms with Crippen molar-refractivity contribution in [2.45, 2.75) is 19.8 Å². The molecule has 4 heteroatoms. The molecule has 0 amide bonds. The van der Waals surface area contributed by atoms with Gasteiger partial charge < -0.3 is 14.2 Å². The average Bonchev–Trinajstić information content (AvgIpc) is 2.69. The standard InChI is InChI=1S/C12H16N2O2/c1-9(2)11-8-13-12-7-10(16-6-5-15)3-4-14(11)12/h3-4,7-9,15H,5-6H2,1-2H3. The Hall–Kier alpha value is -1.55. The molecule has 0 saturated heterocycles. The van der Waals surface area contributed by atoms with E-state index in [-0.39, 0.29) is 6.61 Å². The van der Waals surface area contributed by atoms with Crippen LogP contribution in [0.15, 0.2) is 24.5 Å². The van der Waals surface area contributed by atoms with E-state index in [1.807, 2.05) is 24.5 Å². The second-order valence-electron chi connectivity index (χ2n) is 4.00. The molecule has 1 N–H and O–H groups in total. The predicted molar refractivity (Wildman–Crippen MR) is 61.9 cm³/mol. The number of aliphatic hydroxyl groups excluding tert-OH is 1. The summed E-state index contributed by atoms with van der Waals surface area (Å²) in [5.74, 6) is 1.18. The van der Waals surface area contributed by atoms with E-state index in [0.29, 0.717) is 12.5 Å². The number of pyridine rings is 1. The zero-order valence-corrected chi connectivity index (χ0v) is 9.55. The molecule has 0 bridgehead atoms. The van der Waals surface area contributed by atoms with Crippen LogP contribution < -0.4 is 4.74 Å². The predicted octanol–water partition coefficient (Wildman–Crippen LogP) is 1.83. The van der Waals surface area contributed by atoms with Crippen molar-refractivity contribution in [1.29, 1.82) is 0 Å². The lowest BCUT2D eigenvalue weighted by Crippen LogP contribution is -2.02. The molecule has 0 aliphatic rings. The number of ether oxygens (including phenoxy) is 1. The summed E-state index contributed by atoms with van der Waals surface area (Å²) >= 11 is 0. The molecule has 2 aromatic heterocycles. The molecule has 4 nitrogen and oxygen atoms in total. The van der Waals surface area contributed by atoms with Gasteiger partial charge in [0, 0.05) is 24.2 Å². The molecular weight excluding hydrogens is 204 g/mol. The van der Waals surface area contributed by atoms with Gasteiger partial charge in [-0.15, -0.1) is 0 Å². The van der Waals surface area contributed by atoms with E-state index < -0.39 is 0 Å². The fourth-order valence-electron chi connectivity index (χ4n) is 1.66. The lowest BCUT2D eigenvalue weighted by atomic mass is 10.1. The zero-order valence-electron chi connectivity index (χ0n) is 9.55. The lowest BCUT2D eigenvalue weighted by Gasteiger charge is -2.07.